The first-order valence-electron chi connectivity index (χ1n) is 8.26. The highest BCUT2D eigenvalue weighted by Crippen LogP contribution is 2.18. The summed E-state index contributed by atoms with van der Waals surface area (Å²) in [7, 11) is 0. The maximum absolute atomic E-state index is 11.8. The van der Waals surface area contributed by atoms with E-state index in [0.717, 1.165) is 25.1 Å². The van der Waals surface area contributed by atoms with Gasteiger partial charge >= 0.3 is 0 Å². The largest absolute Gasteiger partial charge is 0.356 e. The number of carbonyl (C=O) groups is 1. The zero-order valence-electron chi connectivity index (χ0n) is 13.8. The maximum atomic E-state index is 11.8. The minimum absolute atomic E-state index is 0. The molecule has 0 bridgehead atoms. The summed E-state index contributed by atoms with van der Waals surface area (Å²) < 4.78 is 5.22. The Bertz CT molecular complexity index is 670. The molecule has 1 unspecified atom stereocenters. The molecule has 0 aliphatic carbocycles. The van der Waals surface area contributed by atoms with Gasteiger partial charge in [-0.15, -0.1) is 12.4 Å². The summed E-state index contributed by atoms with van der Waals surface area (Å²) in [6.45, 7) is 2.60. The van der Waals surface area contributed by atoms with Crippen LogP contribution in [0.3, 0.4) is 0 Å². The van der Waals surface area contributed by atoms with Crippen LogP contribution in [0.25, 0.3) is 11.4 Å². The smallest absolute Gasteiger partial charge is 0.228 e. The second-order valence-electron chi connectivity index (χ2n) is 6.02. The van der Waals surface area contributed by atoms with Crippen molar-refractivity contribution in [2.45, 2.75) is 25.7 Å². The van der Waals surface area contributed by atoms with Gasteiger partial charge in [0.05, 0.1) is 0 Å². The molecule has 1 atom stereocenters. The molecule has 2 N–H and O–H groups in total. The molecule has 1 aliphatic heterocycles. The Kier molecular flexibility index (Phi) is 7.68. The van der Waals surface area contributed by atoms with Crippen molar-refractivity contribution in [3.63, 3.8) is 0 Å². The lowest BCUT2D eigenvalue weighted by Gasteiger charge is -2.07. The normalized spacial score (nSPS) is 16.4. The first-order chi connectivity index (χ1) is 11.7. The van der Waals surface area contributed by atoms with Crippen LogP contribution in [-0.4, -0.2) is 35.7 Å². The Labute approximate surface area is 158 Å². The van der Waals surface area contributed by atoms with Crippen LogP contribution in [0.5, 0.6) is 0 Å². The van der Waals surface area contributed by atoms with Crippen molar-refractivity contribution in [2.24, 2.45) is 5.92 Å². The molecule has 1 aromatic heterocycles. The van der Waals surface area contributed by atoms with E-state index < -0.39 is 0 Å². The van der Waals surface area contributed by atoms with Gasteiger partial charge in [-0.25, -0.2) is 0 Å². The summed E-state index contributed by atoms with van der Waals surface area (Å²) in [5.74, 6) is 1.76. The second kappa shape index (κ2) is 9.75. The highest BCUT2D eigenvalue weighted by atomic mass is 35.5. The van der Waals surface area contributed by atoms with Gasteiger partial charge in [-0.2, -0.15) is 4.98 Å². The van der Waals surface area contributed by atoms with Gasteiger partial charge in [0, 0.05) is 30.0 Å². The van der Waals surface area contributed by atoms with Crippen molar-refractivity contribution in [3.8, 4) is 11.4 Å². The molecule has 1 saturated heterocycles. The molecule has 1 aliphatic rings. The van der Waals surface area contributed by atoms with Crippen molar-refractivity contribution in [3.05, 3.63) is 35.2 Å². The molecule has 0 radical (unpaired) electrons. The molecule has 25 heavy (non-hydrogen) atoms. The van der Waals surface area contributed by atoms with Crippen LogP contribution in [-0.2, 0) is 11.2 Å². The molecule has 2 heterocycles. The standard InChI is InChI=1S/C17H21ClN4O2.ClH/c18-14-4-2-13(3-5-14)17-21-16(24-22-17)8-10-20-15(23)6-1-12-7-9-19-11-12;/h2-5,12,19H,1,6-11H2,(H,20,23);1H. The first-order valence-corrected chi connectivity index (χ1v) is 8.64. The average Bonchev–Trinajstić information content (AvgIpc) is 3.25. The Balaban J connectivity index is 0.00000225. The van der Waals surface area contributed by atoms with E-state index in [1.165, 1.54) is 6.42 Å². The monoisotopic (exact) mass is 384 g/mol. The van der Waals surface area contributed by atoms with Crippen molar-refractivity contribution in [2.75, 3.05) is 19.6 Å². The number of aromatic nitrogens is 2. The Morgan fingerprint density at radius 1 is 1.36 bits per heavy atom. The van der Waals surface area contributed by atoms with Crippen LogP contribution >= 0.6 is 24.0 Å². The summed E-state index contributed by atoms with van der Waals surface area (Å²) in [6, 6.07) is 7.26. The molecular formula is C17H22Cl2N4O2. The molecule has 6 nitrogen and oxygen atoms in total. The molecule has 1 fully saturated rings. The van der Waals surface area contributed by atoms with Crippen LogP contribution in [0.4, 0.5) is 0 Å². The van der Waals surface area contributed by atoms with Gasteiger partial charge in [-0.1, -0.05) is 16.8 Å². The van der Waals surface area contributed by atoms with Gasteiger partial charge in [-0.3, -0.25) is 4.79 Å². The van der Waals surface area contributed by atoms with Crippen LogP contribution in [0, 0.1) is 5.92 Å². The van der Waals surface area contributed by atoms with Crippen LogP contribution in [0.1, 0.15) is 25.2 Å². The number of hydrogen-bond donors (Lipinski definition) is 2. The molecule has 0 spiro atoms. The quantitative estimate of drug-likeness (QED) is 0.766. The fourth-order valence-electron chi connectivity index (χ4n) is 2.77. The highest BCUT2D eigenvalue weighted by Gasteiger charge is 2.15. The van der Waals surface area contributed by atoms with E-state index in [1.54, 1.807) is 12.1 Å². The van der Waals surface area contributed by atoms with Crippen LogP contribution in [0.2, 0.25) is 5.02 Å². The van der Waals surface area contributed by atoms with E-state index in [9.17, 15) is 4.79 Å². The van der Waals surface area contributed by atoms with Gasteiger partial charge in [0.1, 0.15) is 0 Å². The van der Waals surface area contributed by atoms with E-state index >= 15 is 0 Å². The average molecular weight is 385 g/mol. The van der Waals surface area contributed by atoms with Crippen molar-refractivity contribution in [1.29, 1.82) is 0 Å². The Hall–Kier alpha value is -1.63. The molecule has 2 aromatic rings. The summed E-state index contributed by atoms with van der Waals surface area (Å²) in [4.78, 5) is 16.2. The maximum Gasteiger partial charge on any atom is 0.228 e. The number of nitrogens with zero attached hydrogens (tertiary/aromatic N) is 2. The Morgan fingerprint density at radius 3 is 2.88 bits per heavy atom. The number of nitrogens with one attached hydrogen (secondary N) is 2. The fourth-order valence-corrected chi connectivity index (χ4v) is 2.89. The van der Waals surface area contributed by atoms with E-state index in [-0.39, 0.29) is 18.3 Å². The number of hydrogen-bond acceptors (Lipinski definition) is 5. The molecular weight excluding hydrogens is 363 g/mol. The van der Waals surface area contributed by atoms with Crippen molar-refractivity contribution in [1.82, 2.24) is 20.8 Å². The van der Waals surface area contributed by atoms with Gasteiger partial charge in [0.15, 0.2) is 0 Å². The minimum atomic E-state index is 0. The lowest BCUT2D eigenvalue weighted by atomic mass is 10.0. The third-order valence-electron chi connectivity index (χ3n) is 4.17. The summed E-state index contributed by atoms with van der Waals surface area (Å²) in [6.07, 6.45) is 3.21. The zero-order chi connectivity index (χ0) is 16.8. The molecule has 8 heteroatoms. The lowest BCUT2D eigenvalue weighted by Crippen LogP contribution is -2.26. The second-order valence-corrected chi connectivity index (χ2v) is 6.45. The number of amides is 1. The first kappa shape index (κ1) is 19.7. The lowest BCUT2D eigenvalue weighted by molar-refractivity contribution is -0.121. The third kappa shape index (κ3) is 5.99. The predicted molar refractivity (Wildman–Crippen MR) is 98.9 cm³/mol. The number of carbonyl (C=O) groups excluding carboxylic acids is 1. The molecule has 1 aromatic carbocycles. The highest BCUT2D eigenvalue weighted by molar-refractivity contribution is 6.30. The van der Waals surface area contributed by atoms with Crippen molar-refractivity contribution < 1.29 is 9.32 Å². The van der Waals surface area contributed by atoms with Gasteiger partial charge < -0.3 is 15.2 Å². The summed E-state index contributed by atoms with van der Waals surface area (Å²) >= 11 is 5.86. The van der Waals surface area contributed by atoms with E-state index in [4.69, 9.17) is 16.1 Å². The minimum Gasteiger partial charge on any atom is -0.356 e. The van der Waals surface area contributed by atoms with Gasteiger partial charge in [0.2, 0.25) is 17.6 Å². The molecule has 3 rings (SSSR count). The van der Waals surface area contributed by atoms with Gasteiger partial charge in [0.25, 0.3) is 0 Å². The van der Waals surface area contributed by atoms with E-state index in [0.29, 0.717) is 42.0 Å². The SMILES string of the molecule is Cl.O=C(CCC1CCNC1)NCCc1nc(-c2ccc(Cl)cc2)no1. The topological polar surface area (TPSA) is 80.0 Å². The summed E-state index contributed by atoms with van der Waals surface area (Å²) in [5, 5.41) is 10.8. The third-order valence-corrected chi connectivity index (χ3v) is 4.43. The molecule has 136 valence electrons. The molecule has 1 amide bonds. The number of halogens is 2. The van der Waals surface area contributed by atoms with Gasteiger partial charge in [-0.05, 0) is 56.1 Å². The van der Waals surface area contributed by atoms with E-state index in [1.807, 2.05) is 12.1 Å². The Morgan fingerprint density at radius 2 is 2.16 bits per heavy atom. The summed E-state index contributed by atoms with van der Waals surface area (Å²) in [5.41, 5.74) is 0.851. The van der Waals surface area contributed by atoms with Crippen molar-refractivity contribution >= 4 is 29.9 Å². The number of rotatable bonds is 7. The van der Waals surface area contributed by atoms with E-state index in [2.05, 4.69) is 20.8 Å². The van der Waals surface area contributed by atoms with Crippen LogP contribution in [0.15, 0.2) is 28.8 Å². The van der Waals surface area contributed by atoms with Crippen LogP contribution < -0.4 is 10.6 Å². The number of benzene rings is 1. The fraction of sp³-hybridized carbons (Fsp3) is 0.471. The zero-order valence-corrected chi connectivity index (χ0v) is 15.4. The molecule has 0 saturated carbocycles. The predicted octanol–water partition coefficient (Wildman–Crippen LogP) is 2.86.